The van der Waals surface area contributed by atoms with Crippen LogP contribution in [0.3, 0.4) is 0 Å². The molecular weight excluding hydrogens is 228 g/mol. The Kier molecular flexibility index (Phi) is 5.60. The fourth-order valence-corrected chi connectivity index (χ4v) is 2.78. The van der Waals surface area contributed by atoms with Crippen LogP contribution in [0.2, 0.25) is 0 Å². The lowest BCUT2D eigenvalue weighted by molar-refractivity contribution is 0.333. The van der Waals surface area contributed by atoms with E-state index in [1.807, 2.05) is 5.51 Å². The third kappa shape index (κ3) is 5.17. The van der Waals surface area contributed by atoms with Crippen LogP contribution in [0.25, 0.3) is 0 Å². The maximum absolute atomic E-state index is 4.37. The Labute approximate surface area is 110 Å². The number of hydrogen-bond acceptors (Lipinski definition) is 3. The molecule has 0 spiro atoms. The van der Waals surface area contributed by atoms with Crippen molar-refractivity contribution in [2.75, 3.05) is 6.54 Å². The van der Waals surface area contributed by atoms with Crippen LogP contribution in [0.4, 0.5) is 0 Å². The van der Waals surface area contributed by atoms with E-state index in [2.05, 4.69) is 44.9 Å². The molecule has 0 radical (unpaired) electrons. The smallest absolute Gasteiger partial charge is 0.0798 e. The van der Waals surface area contributed by atoms with Gasteiger partial charge in [0.1, 0.15) is 0 Å². The zero-order chi connectivity index (χ0) is 12.9. The molecule has 0 bridgehead atoms. The molecule has 0 amide bonds. The van der Waals surface area contributed by atoms with Gasteiger partial charge in [-0.2, -0.15) is 0 Å². The van der Waals surface area contributed by atoms with Gasteiger partial charge in [-0.25, -0.2) is 4.98 Å². The molecule has 0 aliphatic carbocycles. The molecule has 3 heteroatoms. The number of rotatable bonds is 6. The lowest BCUT2D eigenvalue weighted by atomic mass is 9.88. The minimum Gasteiger partial charge on any atom is -0.309 e. The second kappa shape index (κ2) is 6.50. The lowest BCUT2D eigenvalue weighted by Crippen LogP contribution is -2.23. The average Bonchev–Trinajstić information content (AvgIpc) is 2.63. The normalized spacial score (nSPS) is 13.9. The Morgan fingerprint density at radius 2 is 2.12 bits per heavy atom. The molecule has 1 N–H and O–H groups in total. The van der Waals surface area contributed by atoms with E-state index < -0.39 is 0 Å². The number of aromatic nitrogens is 1. The van der Waals surface area contributed by atoms with Gasteiger partial charge in [0, 0.05) is 10.9 Å². The number of thiazole rings is 1. The van der Waals surface area contributed by atoms with Gasteiger partial charge in [0.05, 0.1) is 11.2 Å². The second-order valence-electron chi connectivity index (χ2n) is 5.91. The number of nitrogens with one attached hydrogen (secondary N) is 1. The van der Waals surface area contributed by atoms with Gasteiger partial charge < -0.3 is 5.32 Å². The summed E-state index contributed by atoms with van der Waals surface area (Å²) in [7, 11) is 0. The van der Waals surface area contributed by atoms with Crippen LogP contribution in [0.5, 0.6) is 0 Å². The minimum absolute atomic E-state index is 0.407. The van der Waals surface area contributed by atoms with E-state index in [0.717, 1.165) is 6.54 Å². The van der Waals surface area contributed by atoms with Crippen molar-refractivity contribution in [3.05, 3.63) is 16.1 Å². The van der Waals surface area contributed by atoms with Crippen LogP contribution in [0.15, 0.2) is 5.51 Å². The summed E-state index contributed by atoms with van der Waals surface area (Å²) >= 11 is 1.79. The van der Waals surface area contributed by atoms with Crippen molar-refractivity contribution in [2.24, 2.45) is 5.41 Å². The molecule has 0 aliphatic rings. The van der Waals surface area contributed by atoms with Gasteiger partial charge in [0.25, 0.3) is 0 Å². The van der Waals surface area contributed by atoms with Crippen molar-refractivity contribution in [3.8, 4) is 0 Å². The maximum atomic E-state index is 4.37. The van der Waals surface area contributed by atoms with Gasteiger partial charge in [-0.1, -0.05) is 27.7 Å². The molecule has 1 aromatic rings. The highest BCUT2D eigenvalue weighted by molar-refractivity contribution is 7.09. The minimum atomic E-state index is 0.407. The first kappa shape index (κ1) is 14.7. The Morgan fingerprint density at radius 1 is 1.41 bits per heavy atom. The molecule has 1 heterocycles. The molecule has 1 aromatic heterocycles. The van der Waals surface area contributed by atoms with Crippen LogP contribution in [0.1, 0.15) is 63.6 Å². The van der Waals surface area contributed by atoms with Gasteiger partial charge in [-0.3, -0.25) is 0 Å². The van der Waals surface area contributed by atoms with Crippen LogP contribution in [-0.4, -0.2) is 11.5 Å². The summed E-state index contributed by atoms with van der Waals surface area (Å²) in [5.41, 5.74) is 3.56. The van der Waals surface area contributed by atoms with Gasteiger partial charge in [0.2, 0.25) is 0 Å². The molecule has 0 aromatic carbocycles. The Morgan fingerprint density at radius 3 is 2.59 bits per heavy atom. The molecule has 0 saturated heterocycles. The van der Waals surface area contributed by atoms with E-state index >= 15 is 0 Å². The summed E-state index contributed by atoms with van der Waals surface area (Å²) in [6.07, 6.45) is 3.63. The average molecular weight is 254 g/mol. The van der Waals surface area contributed by atoms with E-state index in [1.54, 1.807) is 11.3 Å². The molecule has 0 aliphatic heterocycles. The second-order valence-corrected chi connectivity index (χ2v) is 6.79. The van der Waals surface area contributed by atoms with Gasteiger partial charge in [-0.15, -0.1) is 11.3 Å². The summed E-state index contributed by atoms with van der Waals surface area (Å²) in [4.78, 5) is 5.79. The van der Waals surface area contributed by atoms with E-state index in [0.29, 0.717) is 11.5 Å². The van der Waals surface area contributed by atoms with Gasteiger partial charge in [0.15, 0.2) is 0 Å². The van der Waals surface area contributed by atoms with E-state index in [-0.39, 0.29) is 0 Å². The fourth-order valence-electron chi connectivity index (χ4n) is 1.87. The highest BCUT2D eigenvalue weighted by Crippen LogP contribution is 2.30. The van der Waals surface area contributed by atoms with Crippen molar-refractivity contribution in [1.82, 2.24) is 10.3 Å². The fraction of sp³-hybridized carbons (Fsp3) is 0.786. The number of nitrogens with zero attached hydrogens (tertiary/aromatic N) is 1. The van der Waals surface area contributed by atoms with E-state index in [9.17, 15) is 0 Å². The highest BCUT2D eigenvalue weighted by atomic mass is 32.1. The topological polar surface area (TPSA) is 24.9 Å². The zero-order valence-electron chi connectivity index (χ0n) is 11.8. The predicted octanol–water partition coefficient (Wildman–Crippen LogP) is 4.32. The first-order chi connectivity index (χ1) is 7.94. The zero-order valence-corrected chi connectivity index (χ0v) is 12.7. The summed E-state index contributed by atoms with van der Waals surface area (Å²) < 4.78 is 0. The van der Waals surface area contributed by atoms with Crippen LogP contribution in [-0.2, 0) is 0 Å². The third-order valence-corrected chi connectivity index (χ3v) is 3.97. The molecule has 1 atom stereocenters. The summed E-state index contributed by atoms with van der Waals surface area (Å²) in [5, 5.41) is 3.66. The lowest BCUT2D eigenvalue weighted by Gasteiger charge is -2.23. The summed E-state index contributed by atoms with van der Waals surface area (Å²) in [6, 6.07) is 0.488. The molecule has 0 fully saturated rings. The molecular formula is C14H26N2S. The van der Waals surface area contributed by atoms with Crippen molar-refractivity contribution in [3.63, 3.8) is 0 Å². The Bertz CT molecular complexity index is 325. The van der Waals surface area contributed by atoms with E-state index in [4.69, 9.17) is 0 Å². The maximum Gasteiger partial charge on any atom is 0.0798 e. The van der Waals surface area contributed by atoms with Crippen molar-refractivity contribution in [2.45, 2.75) is 59.9 Å². The van der Waals surface area contributed by atoms with Gasteiger partial charge in [-0.05, 0) is 38.1 Å². The van der Waals surface area contributed by atoms with E-state index in [1.165, 1.54) is 29.8 Å². The molecule has 17 heavy (non-hydrogen) atoms. The number of hydrogen-bond donors (Lipinski definition) is 1. The van der Waals surface area contributed by atoms with Crippen LogP contribution >= 0.6 is 11.3 Å². The monoisotopic (exact) mass is 254 g/mol. The van der Waals surface area contributed by atoms with Crippen LogP contribution in [0, 0.1) is 12.3 Å². The van der Waals surface area contributed by atoms with Crippen molar-refractivity contribution in [1.29, 1.82) is 0 Å². The SMILES string of the molecule is CCCNC(CCC(C)(C)C)c1scnc1C. The third-order valence-electron chi connectivity index (χ3n) is 2.92. The first-order valence-electron chi connectivity index (χ1n) is 6.57. The first-order valence-corrected chi connectivity index (χ1v) is 7.45. The molecule has 98 valence electrons. The molecule has 0 saturated carbocycles. The van der Waals surface area contributed by atoms with Crippen LogP contribution < -0.4 is 5.32 Å². The quantitative estimate of drug-likeness (QED) is 0.818. The molecule has 1 unspecified atom stereocenters. The number of aryl methyl sites for hydroxylation is 1. The van der Waals surface area contributed by atoms with Gasteiger partial charge >= 0.3 is 0 Å². The predicted molar refractivity (Wildman–Crippen MR) is 76.6 cm³/mol. The Balaban J connectivity index is 2.64. The molecule has 1 rings (SSSR count). The highest BCUT2D eigenvalue weighted by Gasteiger charge is 2.19. The molecule has 2 nitrogen and oxygen atoms in total. The van der Waals surface area contributed by atoms with Crippen molar-refractivity contribution >= 4 is 11.3 Å². The summed E-state index contributed by atoms with van der Waals surface area (Å²) in [6.45, 7) is 12.3. The Hall–Kier alpha value is -0.410. The standard InChI is InChI=1S/C14H26N2S/c1-6-9-15-12(7-8-14(3,4)5)13-11(2)16-10-17-13/h10,12,15H,6-9H2,1-5H3. The van der Waals surface area contributed by atoms with Crippen molar-refractivity contribution < 1.29 is 0 Å². The summed E-state index contributed by atoms with van der Waals surface area (Å²) in [5.74, 6) is 0. The largest absolute Gasteiger partial charge is 0.309 e.